The van der Waals surface area contributed by atoms with Crippen LogP contribution in [0, 0.1) is 5.92 Å². The Balaban J connectivity index is 1.38. The highest BCUT2D eigenvalue weighted by atomic mass is 16.5. The molecule has 1 fully saturated rings. The van der Waals surface area contributed by atoms with Crippen molar-refractivity contribution in [3.8, 4) is 5.75 Å². The molecule has 0 saturated heterocycles. The van der Waals surface area contributed by atoms with Gasteiger partial charge >= 0.3 is 5.97 Å². The van der Waals surface area contributed by atoms with Crippen LogP contribution in [-0.4, -0.2) is 20.9 Å². The van der Waals surface area contributed by atoms with Gasteiger partial charge in [-0.25, -0.2) is 0 Å². The van der Waals surface area contributed by atoms with Crippen molar-refractivity contribution in [2.45, 2.75) is 45.3 Å². The van der Waals surface area contributed by atoms with Gasteiger partial charge in [-0.15, -0.1) is 0 Å². The lowest BCUT2D eigenvalue weighted by Gasteiger charge is -2.11. The van der Waals surface area contributed by atoms with Gasteiger partial charge in [0.1, 0.15) is 12.4 Å². The molecule has 140 valence electrons. The predicted octanol–water partition coefficient (Wildman–Crippen LogP) is 4.60. The van der Waals surface area contributed by atoms with Crippen molar-refractivity contribution in [3.63, 3.8) is 0 Å². The Labute approximate surface area is 158 Å². The molecule has 3 aromatic rings. The number of aliphatic carboxylic acids is 1. The van der Waals surface area contributed by atoms with Gasteiger partial charge in [-0.2, -0.15) is 5.10 Å². The SMILES string of the molecule is CC(CC(=O)O)c1ccc(OCc2ccc3c(cnn3CC3CC3)c2)cc1. The van der Waals surface area contributed by atoms with Crippen LogP contribution in [-0.2, 0) is 17.9 Å². The molecule has 4 rings (SSSR count). The zero-order valence-corrected chi connectivity index (χ0v) is 15.5. The molecule has 0 bridgehead atoms. The normalized spacial score (nSPS) is 15.0. The quantitative estimate of drug-likeness (QED) is 0.634. The Kier molecular flexibility index (Phi) is 4.84. The largest absolute Gasteiger partial charge is 0.489 e. The van der Waals surface area contributed by atoms with Crippen molar-refractivity contribution >= 4 is 16.9 Å². The summed E-state index contributed by atoms with van der Waals surface area (Å²) < 4.78 is 8.00. The van der Waals surface area contributed by atoms with E-state index in [1.54, 1.807) is 0 Å². The fourth-order valence-corrected chi connectivity index (χ4v) is 3.36. The average molecular weight is 364 g/mol. The molecular weight excluding hydrogens is 340 g/mol. The van der Waals surface area contributed by atoms with Crippen molar-refractivity contribution in [2.75, 3.05) is 0 Å². The van der Waals surface area contributed by atoms with Crippen molar-refractivity contribution in [1.82, 2.24) is 9.78 Å². The standard InChI is InChI=1S/C22H24N2O3/c1-15(10-22(25)26)18-5-7-20(8-6-18)27-14-17-4-9-21-19(11-17)12-23-24(21)13-16-2-3-16/h4-9,11-12,15-16H,2-3,10,13-14H2,1H3,(H,25,26). The highest BCUT2D eigenvalue weighted by molar-refractivity contribution is 5.79. The fourth-order valence-electron chi connectivity index (χ4n) is 3.36. The lowest BCUT2D eigenvalue weighted by Crippen LogP contribution is -2.03. The Morgan fingerprint density at radius 3 is 2.74 bits per heavy atom. The molecule has 0 aliphatic heterocycles. The molecule has 0 spiro atoms. The first-order valence-corrected chi connectivity index (χ1v) is 9.47. The third kappa shape index (κ3) is 4.30. The van der Waals surface area contributed by atoms with E-state index < -0.39 is 5.97 Å². The molecule has 5 heteroatoms. The van der Waals surface area contributed by atoms with Gasteiger partial charge < -0.3 is 9.84 Å². The maximum atomic E-state index is 10.8. The number of carboxylic acids is 1. The number of hydrogen-bond acceptors (Lipinski definition) is 3. The molecule has 0 amide bonds. The van der Waals surface area contributed by atoms with E-state index in [0.29, 0.717) is 6.61 Å². The fraction of sp³-hybridized carbons (Fsp3) is 0.364. The third-order valence-electron chi connectivity index (χ3n) is 5.17. The van der Waals surface area contributed by atoms with Gasteiger partial charge in [-0.1, -0.05) is 25.1 Å². The molecule has 1 aromatic heterocycles. The van der Waals surface area contributed by atoms with Gasteiger partial charge in [0.15, 0.2) is 0 Å². The Hall–Kier alpha value is -2.82. The Bertz CT molecular complexity index is 942. The summed E-state index contributed by atoms with van der Waals surface area (Å²) in [6, 6.07) is 14.0. The van der Waals surface area contributed by atoms with Crippen LogP contribution in [0.2, 0.25) is 0 Å². The zero-order valence-electron chi connectivity index (χ0n) is 15.5. The minimum Gasteiger partial charge on any atom is -0.489 e. The van der Waals surface area contributed by atoms with Crippen molar-refractivity contribution in [3.05, 3.63) is 59.8 Å². The molecule has 0 radical (unpaired) electrons. The van der Waals surface area contributed by atoms with E-state index in [-0.39, 0.29) is 12.3 Å². The lowest BCUT2D eigenvalue weighted by atomic mass is 9.98. The first-order valence-electron chi connectivity index (χ1n) is 9.47. The molecule has 5 nitrogen and oxygen atoms in total. The molecular formula is C22H24N2O3. The van der Waals surface area contributed by atoms with Crippen LogP contribution in [0.25, 0.3) is 10.9 Å². The molecule has 1 atom stereocenters. The van der Waals surface area contributed by atoms with Gasteiger partial charge in [-0.3, -0.25) is 9.48 Å². The summed E-state index contributed by atoms with van der Waals surface area (Å²) in [5.74, 6) is 0.799. The summed E-state index contributed by atoms with van der Waals surface area (Å²) in [4.78, 5) is 10.8. The molecule has 1 heterocycles. The second-order valence-electron chi connectivity index (χ2n) is 7.52. The van der Waals surface area contributed by atoms with E-state index in [9.17, 15) is 4.79 Å². The first-order chi connectivity index (χ1) is 13.1. The number of ether oxygens (including phenoxy) is 1. The van der Waals surface area contributed by atoms with Crippen LogP contribution in [0.15, 0.2) is 48.7 Å². The summed E-state index contributed by atoms with van der Waals surface area (Å²) in [6.07, 6.45) is 4.71. The van der Waals surface area contributed by atoms with Crippen LogP contribution in [0.1, 0.15) is 43.2 Å². The van der Waals surface area contributed by atoms with Gasteiger partial charge in [0, 0.05) is 11.9 Å². The smallest absolute Gasteiger partial charge is 0.303 e. The van der Waals surface area contributed by atoms with Crippen LogP contribution in [0.3, 0.4) is 0 Å². The minimum atomic E-state index is -0.779. The number of hydrogen-bond donors (Lipinski definition) is 1. The van der Waals surface area contributed by atoms with Gasteiger partial charge in [0.05, 0.1) is 18.1 Å². The molecule has 2 aromatic carbocycles. The predicted molar refractivity (Wildman–Crippen MR) is 104 cm³/mol. The van der Waals surface area contributed by atoms with E-state index in [1.807, 2.05) is 37.4 Å². The van der Waals surface area contributed by atoms with Crippen molar-refractivity contribution in [1.29, 1.82) is 0 Å². The highest BCUT2D eigenvalue weighted by Gasteiger charge is 2.22. The topological polar surface area (TPSA) is 64.3 Å². The van der Waals surface area contributed by atoms with Gasteiger partial charge in [0.2, 0.25) is 0 Å². The lowest BCUT2D eigenvalue weighted by molar-refractivity contribution is -0.137. The summed E-state index contributed by atoms with van der Waals surface area (Å²) >= 11 is 0. The van der Waals surface area contributed by atoms with E-state index in [4.69, 9.17) is 9.84 Å². The number of rotatable bonds is 8. The highest BCUT2D eigenvalue weighted by Crippen LogP contribution is 2.31. The van der Waals surface area contributed by atoms with E-state index in [1.165, 1.54) is 18.4 Å². The maximum absolute atomic E-state index is 10.8. The number of fused-ring (bicyclic) bond motifs is 1. The van der Waals surface area contributed by atoms with E-state index in [2.05, 4.69) is 28.0 Å². The Morgan fingerprint density at radius 2 is 2.04 bits per heavy atom. The molecule has 1 saturated carbocycles. The number of benzene rings is 2. The molecule has 1 unspecified atom stereocenters. The maximum Gasteiger partial charge on any atom is 0.303 e. The Morgan fingerprint density at radius 1 is 1.26 bits per heavy atom. The summed E-state index contributed by atoms with van der Waals surface area (Å²) in [5.41, 5.74) is 3.30. The average Bonchev–Trinajstić information content (AvgIpc) is 3.39. The summed E-state index contributed by atoms with van der Waals surface area (Å²) in [7, 11) is 0. The van der Waals surface area contributed by atoms with E-state index >= 15 is 0 Å². The minimum absolute atomic E-state index is 0.00821. The van der Waals surface area contributed by atoms with Crippen molar-refractivity contribution < 1.29 is 14.6 Å². The molecule has 1 aliphatic rings. The van der Waals surface area contributed by atoms with E-state index in [0.717, 1.165) is 34.7 Å². The number of carbonyl (C=O) groups is 1. The number of nitrogens with zero attached hydrogens (tertiary/aromatic N) is 2. The van der Waals surface area contributed by atoms with Crippen molar-refractivity contribution in [2.24, 2.45) is 5.92 Å². The van der Waals surface area contributed by atoms with Gasteiger partial charge in [0.25, 0.3) is 0 Å². The second-order valence-corrected chi connectivity index (χ2v) is 7.52. The molecule has 1 N–H and O–H groups in total. The summed E-state index contributed by atoms with van der Waals surface area (Å²) in [6.45, 7) is 3.43. The van der Waals surface area contributed by atoms with Crippen LogP contribution >= 0.6 is 0 Å². The second kappa shape index (κ2) is 7.43. The third-order valence-corrected chi connectivity index (χ3v) is 5.17. The number of carboxylic acid groups (broad SMARTS) is 1. The van der Waals surface area contributed by atoms with Gasteiger partial charge in [-0.05, 0) is 60.1 Å². The van der Waals surface area contributed by atoms with Crippen LogP contribution in [0.4, 0.5) is 0 Å². The molecule has 1 aliphatic carbocycles. The van der Waals surface area contributed by atoms with Crippen LogP contribution < -0.4 is 4.74 Å². The monoisotopic (exact) mass is 364 g/mol. The zero-order chi connectivity index (χ0) is 18.8. The first kappa shape index (κ1) is 17.6. The molecule has 27 heavy (non-hydrogen) atoms. The summed E-state index contributed by atoms with van der Waals surface area (Å²) in [5, 5.41) is 14.6. The van der Waals surface area contributed by atoms with Crippen LogP contribution in [0.5, 0.6) is 5.75 Å². The number of aromatic nitrogens is 2.